The summed E-state index contributed by atoms with van der Waals surface area (Å²) < 4.78 is 9.97. The van der Waals surface area contributed by atoms with Crippen molar-refractivity contribution in [3.63, 3.8) is 0 Å². The van der Waals surface area contributed by atoms with Crippen molar-refractivity contribution >= 4 is 17.6 Å². The number of hydrogen-bond acceptors (Lipinski definition) is 4. The number of hydrogen-bond donors (Lipinski definition) is 1. The smallest absolute Gasteiger partial charge is 0.337 e. The van der Waals surface area contributed by atoms with Crippen molar-refractivity contribution in [2.45, 2.75) is 13.8 Å². The standard InChI is InChI=1S/C15H15NO4/c1-9-7-13(20-10(9)2)14(17)16-12-6-4-5-11(8-12)15(18)19-3/h4-8H,1-3H3,(H,16,17). The fourth-order valence-corrected chi connectivity index (χ4v) is 1.72. The van der Waals surface area contributed by atoms with Crippen molar-refractivity contribution in [2.75, 3.05) is 12.4 Å². The number of carbonyl (C=O) groups excluding carboxylic acids is 2. The lowest BCUT2D eigenvalue weighted by atomic mass is 10.2. The van der Waals surface area contributed by atoms with Crippen LogP contribution in [0.15, 0.2) is 34.7 Å². The summed E-state index contributed by atoms with van der Waals surface area (Å²) in [6.45, 7) is 3.66. The summed E-state index contributed by atoms with van der Waals surface area (Å²) in [5, 5.41) is 2.68. The summed E-state index contributed by atoms with van der Waals surface area (Å²) in [7, 11) is 1.31. The lowest BCUT2D eigenvalue weighted by molar-refractivity contribution is 0.0600. The number of nitrogens with one attached hydrogen (secondary N) is 1. The summed E-state index contributed by atoms with van der Waals surface area (Å²) in [4.78, 5) is 23.4. The topological polar surface area (TPSA) is 68.5 Å². The Hall–Kier alpha value is -2.56. The van der Waals surface area contributed by atoms with E-state index in [9.17, 15) is 9.59 Å². The van der Waals surface area contributed by atoms with Gasteiger partial charge in [-0.05, 0) is 43.7 Å². The van der Waals surface area contributed by atoms with Gasteiger partial charge in [0.2, 0.25) is 0 Å². The fraction of sp³-hybridized carbons (Fsp3) is 0.200. The SMILES string of the molecule is COC(=O)c1cccc(NC(=O)c2cc(C)c(C)o2)c1. The number of anilines is 1. The largest absolute Gasteiger partial charge is 0.465 e. The van der Waals surface area contributed by atoms with E-state index in [1.54, 1.807) is 37.3 Å². The van der Waals surface area contributed by atoms with Crippen LogP contribution in [0, 0.1) is 13.8 Å². The zero-order chi connectivity index (χ0) is 14.7. The molecule has 0 unspecified atom stereocenters. The number of furan rings is 1. The number of benzene rings is 1. The van der Waals surface area contributed by atoms with Crippen LogP contribution in [0.5, 0.6) is 0 Å². The number of carbonyl (C=O) groups is 2. The Morgan fingerprint density at radius 3 is 2.55 bits per heavy atom. The fourth-order valence-electron chi connectivity index (χ4n) is 1.72. The maximum Gasteiger partial charge on any atom is 0.337 e. The Morgan fingerprint density at radius 2 is 1.95 bits per heavy atom. The van der Waals surface area contributed by atoms with Crippen molar-refractivity contribution < 1.29 is 18.7 Å². The maximum atomic E-state index is 12.0. The molecule has 20 heavy (non-hydrogen) atoms. The molecule has 0 aliphatic heterocycles. The lowest BCUT2D eigenvalue weighted by Crippen LogP contribution is -2.11. The van der Waals surface area contributed by atoms with Crippen LogP contribution >= 0.6 is 0 Å². The zero-order valence-corrected chi connectivity index (χ0v) is 11.5. The molecule has 0 aliphatic carbocycles. The Kier molecular flexibility index (Phi) is 3.89. The molecule has 104 valence electrons. The number of rotatable bonds is 3. The molecule has 1 heterocycles. The molecule has 0 fully saturated rings. The molecule has 5 heteroatoms. The van der Waals surface area contributed by atoms with E-state index < -0.39 is 5.97 Å². The van der Waals surface area contributed by atoms with E-state index in [4.69, 9.17) is 4.42 Å². The van der Waals surface area contributed by atoms with Gasteiger partial charge in [-0.1, -0.05) is 6.07 Å². The highest BCUT2D eigenvalue weighted by Gasteiger charge is 2.13. The molecule has 2 aromatic rings. The van der Waals surface area contributed by atoms with Crippen LogP contribution in [0.3, 0.4) is 0 Å². The van der Waals surface area contributed by atoms with Crippen LogP contribution in [0.4, 0.5) is 5.69 Å². The second-order valence-electron chi connectivity index (χ2n) is 4.38. The first-order valence-electron chi connectivity index (χ1n) is 6.08. The Morgan fingerprint density at radius 1 is 1.20 bits per heavy atom. The van der Waals surface area contributed by atoms with E-state index in [0.29, 0.717) is 17.0 Å². The van der Waals surface area contributed by atoms with E-state index in [2.05, 4.69) is 10.1 Å². The molecule has 0 bridgehead atoms. The second-order valence-corrected chi connectivity index (χ2v) is 4.38. The molecule has 0 radical (unpaired) electrons. The zero-order valence-electron chi connectivity index (χ0n) is 11.5. The van der Waals surface area contributed by atoms with Crippen LogP contribution in [0.2, 0.25) is 0 Å². The molecule has 0 saturated carbocycles. The molecular weight excluding hydrogens is 258 g/mol. The first kappa shape index (κ1) is 13.9. The number of aryl methyl sites for hydroxylation is 2. The molecule has 0 spiro atoms. The molecule has 2 rings (SSSR count). The third-order valence-corrected chi connectivity index (χ3v) is 2.93. The molecule has 1 aromatic heterocycles. The number of esters is 1. The van der Waals surface area contributed by atoms with Crippen molar-refractivity contribution in [2.24, 2.45) is 0 Å². The predicted molar refractivity (Wildman–Crippen MR) is 73.9 cm³/mol. The number of methoxy groups -OCH3 is 1. The number of amides is 1. The van der Waals surface area contributed by atoms with Gasteiger partial charge in [0.25, 0.3) is 5.91 Å². The van der Waals surface area contributed by atoms with Crippen LogP contribution in [-0.4, -0.2) is 19.0 Å². The molecule has 1 amide bonds. The van der Waals surface area contributed by atoms with Crippen LogP contribution in [-0.2, 0) is 4.74 Å². The highest BCUT2D eigenvalue weighted by molar-refractivity contribution is 6.03. The Labute approximate surface area is 116 Å². The van der Waals surface area contributed by atoms with Crippen molar-refractivity contribution in [3.8, 4) is 0 Å². The lowest BCUT2D eigenvalue weighted by Gasteiger charge is -2.05. The molecule has 0 aliphatic rings. The molecule has 5 nitrogen and oxygen atoms in total. The third kappa shape index (κ3) is 2.88. The van der Waals surface area contributed by atoms with E-state index in [1.165, 1.54) is 7.11 Å². The minimum atomic E-state index is -0.453. The van der Waals surface area contributed by atoms with Gasteiger partial charge in [-0.25, -0.2) is 4.79 Å². The van der Waals surface area contributed by atoms with Gasteiger partial charge in [-0.2, -0.15) is 0 Å². The summed E-state index contributed by atoms with van der Waals surface area (Å²) in [6.07, 6.45) is 0. The van der Waals surface area contributed by atoms with Crippen LogP contribution in [0.25, 0.3) is 0 Å². The molecule has 0 atom stereocenters. The van der Waals surface area contributed by atoms with Gasteiger partial charge in [-0.3, -0.25) is 4.79 Å². The highest BCUT2D eigenvalue weighted by Crippen LogP contribution is 2.16. The van der Waals surface area contributed by atoms with E-state index in [-0.39, 0.29) is 11.7 Å². The summed E-state index contributed by atoms with van der Waals surface area (Å²) in [6, 6.07) is 8.19. The van der Waals surface area contributed by atoms with Crippen molar-refractivity contribution in [1.29, 1.82) is 0 Å². The van der Waals surface area contributed by atoms with Crippen LogP contribution < -0.4 is 5.32 Å². The second kappa shape index (κ2) is 5.61. The van der Waals surface area contributed by atoms with Crippen molar-refractivity contribution in [3.05, 3.63) is 53.0 Å². The maximum absolute atomic E-state index is 12.0. The van der Waals surface area contributed by atoms with Gasteiger partial charge < -0.3 is 14.5 Å². The summed E-state index contributed by atoms with van der Waals surface area (Å²) in [5.74, 6) is 0.135. The average Bonchev–Trinajstić information content (AvgIpc) is 2.78. The van der Waals surface area contributed by atoms with Crippen molar-refractivity contribution in [1.82, 2.24) is 0 Å². The first-order chi connectivity index (χ1) is 9.51. The summed E-state index contributed by atoms with van der Waals surface area (Å²) in [5.41, 5.74) is 1.79. The van der Waals surface area contributed by atoms with Gasteiger partial charge >= 0.3 is 5.97 Å². The molecule has 1 N–H and O–H groups in total. The monoisotopic (exact) mass is 273 g/mol. The predicted octanol–water partition coefficient (Wildman–Crippen LogP) is 2.94. The minimum Gasteiger partial charge on any atom is -0.465 e. The minimum absolute atomic E-state index is 0.239. The van der Waals surface area contributed by atoms with Gasteiger partial charge in [0.1, 0.15) is 5.76 Å². The molecule has 0 saturated heterocycles. The summed E-state index contributed by atoms with van der Waals surface area (Å²) >= 11 is 0. The van der Waals surface area contributed by atoms with Gasteiger partial charge in [0.15, 0.2) is 5.76 Å². The quantitative estimate of drug-likeness (QED) is 0.873. The van der Waals surface area contributed by atoms with E-state index >= 15 is 0 Å². The first-order valence-corrected chi connectivity index (χ1v) is 6.08. The van der Waals surface area contributed by atoms with Gasteiger partial charge in [0.05, 0.1) is 12.7 Å². The molecule has 1 aromatic carbocycles. The normalized spacial score (nSPS) is 10.2. The van der Waals surface area contributed by atoms with Gasteiger partial charge in [0, 0.05) is 5.69 Å². The number of ether oxygens (including phenoxy) is 1. The Balaban J connectivity index is 2.17. The third-order valence-electron chi connectivity index (χ3n) is 2.93. The molecular formula is C15H15NO4. The van der Waals surface area contributed by atoms with E-state index in [0.717, 1.165) is 5.56 Å². The highest BCUT2D eigenvalue weighted by atomic mass is 16.5. The van der Waals surface area contributed by atoms with Crippen LogP contribution in [0.1, 0.15) is 32.2 Å². The van der Waals surface area contributed by atoms with E-state index in [1.807, 2.05) is 6.92 Å². The average molecular weight is 273 g/mol. The Bertz CT molecular complexity index is 638. The van der Waals surface area contributed by atoms with Gasteiger partial charge in [-0.15, -0.1) is 0 Å².